The van der Waals surface area contributed by atoms with E-state index in [-0.39, 0.29) is 0 Å². The fraction of sp³-hybridized carbons (Fsp3) is 0.733. The van der Waals surface area contributed by atoms with Gasteiger partial charge in [0, 0.05) is 5.41 Å². The van der Waals surface area contributed by atoms with Gasteiger partial charge in [0.25, 0.3) is 0 Å². The average molecular weight is 409 g/mol. The minimum absolute atomic E-state index is 0.352. The summed E-state index contributed by atoms with van der Waals surface area (Å²) in [4.78, 5) is 0. The van der Waals surface area contributed by atoms with Crippen LogP contribution in [0.5, 0.6) is 0 Å². The summed E-state index contributed by atoms with van der Waals surface area (Å²) in [6.07, 6.45) is 26.0. The third kappa shape index (κ3) is 5.41. The van der Waals surface area contributed by atoms with Crippen LogP contribution in [0.25, 0.3) is 0 Å². The lowest BCUT2D eigenvalue weighted by atomic mass is 9.67. The van der Waals surface area contributed by atoms with E-state index in [1.807, 2.05) is 0 Å². The van der Waals surface area contributed by atoms with Crippen molar-refractivity contribution in [3.05, 3.63) is 47.1 Å². The highest BCUT2D eigenvalue weighted by atomic mass is 14.4. The van der Waals surface area contributed by atoms with E-state index in [1.54, 1.807) is 16.7 Å². The summed E-state index contributed by atoms with van der Waals surface area (Å²) < 4.78 is 0. The highest BCUT2D eigenvalue weighted by Crippen LogP contribution is 2.48. The normalized spacial score (nSPS) is 33.7. The molecule has 3 aliphatic rings. The molecule has 0 bridgehead atoms. The van der Waals surface area contributed by atoms with Crippen LogP contribution in [-0.2, 0) is 0 Å². The van der Waals surface area contributed by atoms with Crippen molar-refractivity contribution < 1.29 is 0 Å². The smallest absolute Gasteiger partial charge is 0.00957 e. The highest BCUT2D eigenvalue weighted by molar-refractivity contribution is 5.39. The summed E-state index contributed by atoms with van der Waals surface area (Å²) in [5.41, 5.74) is 5.25. The van der Waals surface area contributed by atoms with Crippen LogP contribution in [0.4, 0.5) is 0 Å². The Morgan fingerprint density at radius 2 is 1.80 bits per heavy atom. The van der Waals surface area contributed by atoms with Gasteiger partial charge < -0.3 is 0 Å². The number of hydrogen-bond acceptors (Lipinski definition) is 0. The third-order valence-corrected chi connectivity index (χ3v) is 9.17. The van der Waals surface area contributed by atoms with Crippen molar-refractivity contribution in [2.45, 2.75) is 106 Å². The minimum Gasteiger partial charge on any atom is -0.0807 e. The maximum Gasteiger partial charge on any atom is 0.00957 e. The van der Waals surface area contributed by atoms with Crippen LogP contribution < -0.4 is 0 Å². The summed E-state index contributed by atoms with van der Waals surface area (Å²) >= 11 is 0. The van der Waals surface area contributed by atoms with E-state index in [2.05, 4.69) is 71.9 Å². The van der Waals surface area contributed by atoms with Crippen molar-refractivity contribution in [1.82, 2.24) is 0 Å². The van der Waals surface area contributed by atoms with Gasteiger partial charge in [-0.05, 0) is 87.9 Å². The Morgan fingerprint density at radius 1 is 1.07 bits per heavy atom. The van der Waals surface area contributed by atoms with Crippen molar-refractivity contribution in [2.75, 3.05) is 0 Å². The van der Waals surface area contributed by atoms with Gasteiger partial charge in [-0.2, -0.15) is 0 Å². The second-order valence-electron chi connectivity index (χ2n) is 11.2. The van der Waals surface area contributed by atoms with Crippen molar-refractivity contribution in [3.63, 3.8) is 0 Å². The van der Waals surface area contributed by atoms with E-state index >= 15 is 0 Å². The molecule has 1 fully saturated rings. The van der Waals surface area contributed by atoms with E-state index < -0.39 is 0 Å². The fourth-order valence-electron chi connectivity index (χ4n) is 6.35. The monoisotopic (exact) mass is 408 g/mol. The van der Waals surface area contributed by atoms with E-state index in [9.17, 15) is 0 Å². The van der Waals surface area contributed by atoms with Gasteiger partial charge in [-0.3, -0.25) is 0 Å². The summed E-state index contributed by atoms with van der Waals surface area (Å²) in [6.45, 7) is 14.4. The van der Waals surface area contributed by atoms with Gasteiger partial charge in [0.15, 0.2) is 0 Å². The molecule has 3 rings (SSSR count). The predicted octanol–water partition coefficient (Wildman–Crippen LogP) is 9.45. The van der Waals surface area contributed by atoms with Crippen molar-refractivity contribution >= 4 is 0 Å². The van der Waals surface area contributed by atoms with Crippen LogP contribution in [0.3, 0.4) is 0 Å². The number of rotatable bonds is 9. The molecule has 0 amide bonds. The molecule has 1 saturated carbocycles. The molecule has 0 aromatic heterocycles. The molecule has 168 valence electrons. The second kappa shape index (κ2) is 10.5. The Hall–Kier alpha value is -1.04. The molecule has 0 heteroatoms. The molecule has 0 aliphatic heterocycles. The first-order chi connectivity index (χ1) is 14.4. The Balaban J connectivity index is 1.46. The molecule has 0 N–H and O–H groups in total. The Labute approximate surface area is 188 Å². The molecule has 3 aliphatic carbocycles. The van der Waals surface area contributed by atoms with E-state index in [1.165, 1.54) is 64.2 Å². The largest absolute Gasteiger partial charge is 0.0807 e. The van der Waals surface area contributed by atoms with Crippen LogP contribution in [0.15, 0.2) is 47.1 Å². The predicted molar refractivity (Wildman–Crippen MR) is 133 cm³/mol. The fourth-order valence-corrected chi connectivity index (χ4v) is 6.35. The topological polar surface area (TPSA) is 0 Å². The van der Waals surface area contributed by atoms with Gasteiger partial charge >= 0.3 is 0 Å². The Bertz CT molecular complexity index is 679. The summed E-state index contributed by atoms with van der Waals surface area (Å²) in [5, 5.41) is 0. The standard InChI is InChI=1S/C30H48/c1-7-19-30(6)23(4)9-18-29(30)21-26-12-16-28(17-13-26)24(5)27-14-10-25(11-15-27)20-22(3)8-2/h9-11,14,18,22,24,26-28H,7-8,12-13,15-17,19-21H2,1-6H3. The van der Waals surface area contributed by atoms with Crippen LogP contribution in [0.1, 0.15) is 106 Å². The molecule has 0 radical (unpaired) electrons. The molecule has 0 aromatic carbocycles. The van der Waals surface area contributed by atoms with Crippen molar-refractivity contribution in [3.8, 4) is 0 Å². The lowest BCUT2D eigenvalue weighted by molar-refractivity contribution is 0.179. The second-order valence-corrected chi connectivity index (χ2v) is 11.2. The molecule has 0 heterocycles. The minimum atomic E-state index is 0.352. The zero-order valence-corrected chi connectivity index (χ0v) is 20.8. The lowest BCUT2D eigenvalue weighted by Crippen LogP contribution is -2.27. The Morgan fingerprint density at radius 3 is 2.40 bits per heavy atom. The van der Waals surface area contributed by atoms with Crippen LogP contribution in [0, 0.1) is 35.0 Å². The van der Waals surface area contributed by atoms with Gasteiger partial charge in [0.1, 0.15) is 0 Å². The van der Waals surface area contributed by atoms with E-state index in [4.69, 9.17) is 0 Å². The van der Waals surface area contributed by atoms with Crippen LogP contribution >= 0.6 is 0 Å². The molecule has 0 aromatic rings. The first-order valence-corrected chi connectivity index (χ1v) is 13.1. The molecule has 0 nitrogen and oxygen atoms in total. The van der Waals surface area contributed by atoms with Crippen molar-refractivity contribution in [1.29, 1.82) is 0 Å². The maximum absolute atomic E-state index is 2.56. The maximum atomic E-state index is 2.56. The number of allylic oxidation sites excluding steroid dienone is 8. The van der Waals surface area contributed by atoms with Gasteiger partial charge in [-0.25, -0.2) is 0 Å². The van der Waals surface area contributed by atoms with Gasteiger partial charge in [-0.1, -0.05) is 94.6 Å². The van der Waals surface area contributed by atoms with Crippen LogP contribution in [0.2, 0.25) is 0 Å². The first-order valence-electron chi connectivity index (χ1n) is 13.1. The molecule has 0 spiro atoms. The molecule has 4 atom stereocenters. The summed E-state index contributed by atoms with van der Waals surface area (Å²) in [5.74, 6) is 4.27. The molecule has 4 unspecified atom stereocenters. The summed E-state index contributed by atoms with van der Waals surface area (Å²) in [7, 11) is 0. The van der Waals surface area contributed by atoms with Gasteiger partial charge in [-0.15, -0.1) is 0 Å². The third-order valence-electron chi connectivity index (χ3n) is 9.17. The molecule has 0 saturated heterocycles. The molecular formula is C30H48. The molecule has 30 heavy (non-hydrogen) atoms. The Kier molecular flexibility index (Phi) is 8.28. The highest BCUT2D eigenvalue weighted by Gasteiger charge is 2.35. The SMILES string of the molecule is CCCC1(C)C(C)=CC=C1CC1CCC(C(C)C2C=CC(CC(C)CC)=CC2)CC1. The quantitative estimate of drug-likeness (QED) is 0.356. The lowest BCUT2D eigenvalue weighted by Gasteiger charge is -2.38. The van der Waals surface area contributed by atoms with E-state index in [0.717, 1.165) is 29.6 Å². The average Bonchev–Trinajstić information content (AvgIpc) is 3.02. The van der Waals surface area contributed by atoms with Gasteiger partial charge in [0.05, 0.1) is 0 Å². The summed E-state index contributed by atoms with van der Waals surface area (Å²) in [6, 6.07) is 0. The molecular weight excluding hydrogens is 360 g/mol. The van der Waals surface area contributed by atoms with E-state index in [0.29, 0.717) is 5.41 Å². The van der Waals surface area contributed by atoms with Crippen molar-refractivity contribution in [2.24, 2.45) is 35.0 Å². The first kappa shape index (κ1) is 23.6. The van der Waals surface area contributed by atoms with Crippen LogP contribution in [-0.4, -0.2) is 0 Å². The zero-order chi connectivity index (χ0) is 21.7. The number of hydrogen-bond donors (Lipinski definition) is 0. The zero-order valence-electron chi connectivity index (χ0n) is 20.8. The van der Waals surface area contributed by atoms with Gasteiger partial charge in [0.2, 0.25) is 0 Å².